The largest absolute Gasteiger partial charge is 0.365 e. The van der Waals surface area contributed by atoms with Crippen molar-refractivity contribution in [2.45, 2.75) is 43.8 Å². The number of non-ortho nitro benzene ring substituents is 1. The molecule has 108 valence electrons. The van der Waals surface area contributed by atoms with Crippen molar-refractivity contribution in [3.05, 3.63) is 34.1 Å². The lowest BCUT2D eigenvalue weighted by Crippen LogP contribution is -2.48. The van der Waals surface area contributed by atoms with Crippen molar-refractivity contribution in [2.24, 2.45) is 0 Å². The van der Waals surface area contributed by atoms with Gasteiger partial charge in [0, 0.05) is 29.9 Å². The van der Waals surface area contributed by atoms with Crippen LogP contribution >= 0.6 is 0 Å². The summed E-state index contributed by atoms with van der Waals surface area (Å²) in [5, 5.41) is 14.2. The minimum atomic E-state index is -0.538. The minimum Gasteiger partial charge on any atom is -0.365 e. The fourth-order valence-electron chi connectivity index (χ4n) is 3.65. The quantitative estimate of drug-likeness (QED) is 0.682. The van der Waals surface area contributed by atoms with Crippen LogP contribution in [0.3, 0.4) is 0 Å². The predicted octanol–water partition coefficient (Wildman–Crippen LogP) is 2.45. The van der Waals surface area contributed by atoms with Crippen LogP contribution in [0.25, 0.3) is 0 Å². The average molecular weight is 279 g/mol. The SMILES string of the molecule is CNC1CC2CCC(C1)N2c1cc(F)cc([N+](=O)[O-])c1. The van der Waals surface area contributed by atoms with Gasteiger partial charge in [0.25, 0.3) is 5.69 Å². The Labute approximate surface area is 116 Å². The van der Waals surface area contributed by atoms with Crippen molar-refractivity contribution in [1.82, 2.24) is 5.32 Å². The normalized spacial score (nSPS) is 28.7. The maximum absolute atomic E-state index is 13.6. The molecular weight excluding hydrogens is 261 g/mol. The molecule has 2 aliphatic rings. The lowest BCUT2D eigenvalue weighted by molar-refractivity contribution is -0.385. The summed E-state index contributed by atoms with van der Waals surface area (Å²) in [5.41, 5.74) is 0.480. The van der Waals surface area contributed by atoms with Gasteiger partial charge in [-0.3, -0.25) is 10.1 Å². The zero-order valence-electron chi connectivity index (χ0n) is 11.4. The highest BCUT2D eigenvalue weighted by atomic mass is 19.1. The topological polar surface area (TPSA) is 58.4 Å². The molecule has 2 unspecified atom stereocenters. The van der Waals surface area contributed by atoms with E-state index in [1.807, 2.05) is 7.05 Å². The Bertz CT molecular complexity index is 523. The van der Waals surface area contributed by atoms with E-state index in [4.69, 9.17) is 0 Å². The van der Waals surface area contributed by atoms with Crippen molar-refractivity contribution < 1.29 is 9.31 Å². The van der Waals surface area contributed by atoms with Crippen molar-refractivity contribution in [1.29, 1.82) is 0 Å². The number of benzene rings is 1. The zero-order valence-corrected chi connectivity index (χ0v) is 11.4. The molecule has 0 aromatic heterocycles. The molecular formula is C14H18FN3O2. The molecule has 0 aliphatic carbocycles. The summed E-state index contributed by atoms with van der Waals surface area (Å²) in [6.07, 6.45) is 4.18. The number of rotatable bonds is 3. The number of nitrogens with zero attached hydrogens (tertiary/aromatic N) is 2. The number of hydrogen-bond acceptors (Lipinski definition) is 4. The van der Waals surface area contributed by atoms with E-state index < -0.39 is 10.7 Å². The molecule has 1 aromatic carbocycles. The Morgan fingerprint density at radius 2 is 1.95 bits per heavy atom. The molecule has 1 N–H and O–H groups in total. The maximum atomic E-state index is 13.6. The van der Waals surface area contributed by atoms with Gasteiger partial charge in [-0.1, -0.05) is 0 Å². The van der Waals surface area contributed by atoms with Crippen LogP contribution in [0.1, 0.15) is 25.7 Å². The summed E-state index contributed by atoms with van der Waals surface area (Å²) in [5.74, 6) is -0.538. The Morgan fingerprint density at radius 1 is 1.30 bits per heavy atom. The van der Waals surface area contributed by atoms with Crippen LogP contribution < -0.4 is 10.2 Å². The second kappa shape index (κ2) is 5.01. The van der Waals surface area contributed by atoms with Gasteiger partial charge < -0.3 is 10.2 Å². The molecule has 2 bridgehead atoms. The fourth-order valence-corrected chi connectivity index (χ4v) is 3.65. The molecule has 2 atom stereocenters. The molecule has 3 rings (SSSR count). The number of halogens is 1. The maximum Gasteiger partial charge on any atom is 0.274 e. The first-order valence-electron chi connectivity index (χ1n) is 6.99. The summed E-state index contributed by atoms with van der Waals surface area (Å²) in [6.45, 7) is 0. The molecule has 0 spiro atoms. The molecule has 0 amide bonds. The van der Waals surface area contributed by atoms with E-state index in [1.165, 1.54) is 12.1 Å². The van der Waals surface area contributed by atoms with E-state index in [0.29, 0.717) is 23.8 Å². The number of piperidine rings is 1. The molecule has 2 aliphatic heterocycles. The van der Waals surface area contributed by atoms with Crippen molar-refractivity contribution in [3.8, 4) is 0 Å². The Morgan fingerprint density at radius 3 is 2.50 bits per heavy atom. The highest BCUT2D eigenvalue weighted by Crippen LogP contribution is 2.40. The van der Waals surface area contributed by atoms with Crippen LogP contribution in [0.2, 0.25) is 0 Å². The van der Waals surface area contributed by atoms with E-state index in [0.717, 1.165) is 31.7 Å². The van der Waals surface area contributed by atoms with Crippen LogP contribution in [0.15, 0.2) is 18.2 Å². The molecule has 20 heavy (non-hydrogen) atoms. The van der Waals surface area contributed by atoms with Gasteiger partial charge in [0.05, 0.1) is 11.0 Å². The summed E-state index contributed by atoms with van der Waals surface area (Å²) in [6, 6.07) is 5.09. The minimum absolute atomic E-state index is 0.171. The number of nitrogens with one attached hydrogen (secondary N) is 1. The fraction of sp³-hybridized carbons (Fsp3) is 0.571. The number of hydrogen-bond donors (Lipinski definition) is 1. The molecule has 0 saturated carbocycles. The lowest BCUT2D eigenvalue weighted by Gasteiger charge is -2.40. The first-order valence-corrected chi connectivity index (χ1v) is 6.99. The second-order valence-corrected chi connectivity index (χ2v) is 5.67. The molecule has 0 radical (unpaired) electrons. The third kappa shape index (κ3) is 2.24. The third-order valence-corrected chi connectivity index (χ3v) is 4.52. The van der Waals surface area contributed by atoms with Crippen LogP contribution in [0.5, 0.6) is 0 Å². The monoisotopic (exact) mass is 279 g/mol. The van der Waals surface area contributed by atoms with Crippen molar-refractivity contribution >= 4 is 11.4 Å². The average Bonchev–Trinajstić information content (AvgIpc) is 2.68. The number of fused-ring (bicyclic) bond motifs is 2. The van der Waals surface area contributed by atoms with Crippen LogP contribution in [-0.2, 0) is 0 Å². The zero-order chi connectivity index (χ0) is 14.3. The molecule has 2 fully saturated rings. The highest BCUT2D eigenvalue weighted by Gasteiger charge is 2.40. The predicted molar refractivity (Wildman–Crippen MR) is 74.4 cm³/mol. The molecule has 2 saturated heterocycles. The van der Waals surface area contributed by atoms with E-state index in [1.54, 1.807) is 0 Å². The Hall–Kier alpha value is -1.69. The van der Waals surface area contributed by atoms with Crippen molar-refractivity contribution in [2.75, 3.05) is 11.9 Å². The molecule has 6 heteroatoms. The van der Waals surface area contributed by atoms with Crippen LogP contribution in [0.4, 0.5) is 15.8 Å². The van der Waals surface area contributed by atoms with E-state index in [9.17, 15) is 14.5 Å². The van der Waals surface area contributed by atoms with Gasteiger partial charge in [0.1, 0.15) is 5.82 Å². The first kappa shape index (κ1) is 13.3. The van der Waals surface area contributed by atoms with Gasteiger partial charge in [-0.25, -0.2) is 4.39 Å². The molecule has 2 heterocycles. The van der Waals surface area contributed by atoms with E-state index >= 15 is 0 Å². The van der Waals surface area contributed by atoms with E-state index in [2.05, 4.69) is 10.2 Å². The molecule has 5 nitrogen and oxygen atoms in total. The standard InChI is InChI=1S/C14H18FN3O2/c1-16-10-6-11-2-3-12(7-10)17(11)13-4-9(15)5-14(8-13)18(19)20/h4-5,8,10-12,16H,2-3,6-7H2,1H3. The first-order chi connectivity index (χ1) is 9.58. The smallest absolute Gasteiger partial charge is 0.274 e. The number of anilines is 1. The van der Waals surface area contributed by atoms with Crippen LogP contribution in [0, 0.1) is 15.9 Å². The van der Waals surface area contributed by atoms with E-state index in [-0.39, 0.29) is 5.69 Å². The lowest BCUT2D eigenvalue weighted by atomic mass is 9.96. The highest BCUT2D eigenvalue weighted by molar-refractivity contribution is 5.56. The van der Waals surface area contributed by atoms with Crippen LogP contribution in [-0.4, -0.2) is 30.1 Å². The van der Waals surface area contributed by atoms with Gasteiger partial charge in [0.2, 0.25) is 0 Å². The van der Waals surface area contributed by atoms with Gasteiger partial charge in [-0.2, -0.15) is 0 Å². The Balaban J connectivity index is 1.92. The van der Waals surface area contributed by atoms with Gasteiger partial charge in [-0.15, -0.1) is 0 Å². The Kier molecular flexibility index (Phi) is 3.33. The molecule has 1 aromatic rings. The van der Waals surface area contributed by atoms with Gasteiger partial charge >= 0.3 is 0 Å². The second-order valence-electron chi connectivity index (χ2n) is 5.67. The number of nitro groups is 1. The third-order valence-electron chi connectivity index (χ3n) is 4.52. The summed E-state index contributed by atoms with van der Waals surface area (Å²) in [7, 11) is 1.97. The van der Waals surface area contributed by atoms with Gasteiger partial charge in [0.15, 0.2) is 0 Å². The summed E-state index contributed by atoms with van der Waals surface area (Å²) >= 11 is 0. The summed E-state index contributed by atoms with van der Waals surface area (Å²) < 4.78 is 13.6. The summed E-state index contributed by atoms with van der Waals surface area (Å²) in [4.78, 5) is 12.5. The van der Waals surface area contributed by atoms with Gasteiger partial charge in [-0.05, 0) is 38.8 Å². The van der Waals surface area contributed by atoms with Crippen molar-refractivity contribution in [3.63, 3.8) is 0 Å². The number of nitro benzene ring substituents is 1.